The molecule has 0 saturated heterocycles. The number of halogens is 1. The molecule has 1 atom stereocenters. The van der Waals surface area contributed by atoms with E-state index in [0.29, 0.717) is 33.0 Å². The van der Waals surface area contributed by atoms with Crippen molar-refractivity contribution in [3.63, 3.8) is 0 Å². The summed E-state index contributed by atoms with van der Waals surface area (Å²) in [6.07, 6.45) is 3.14. The van der Waals surface area contributed by atoms with Crippen LogP contribution in [-0.2, 0) is 16.0 Å². The van der Waals surface area contributed by atoms with E-state index in [4.69, 9.17) is 21.1 Å². The number of carbonyl (C=O) groups excluding carboxylic acids is 3. The van der Waals surface area contributed by atoms with E-state index in [1.807, 2.05) is 30.3 Å². The molecule has 1 amide bonds. The van der Waals surface area contributed by atoms with Crippen molar-refractivity contribution < 1.29 is 23.9 Å². The first kappa shape index (κ1) is 30.0. The number of aromatic nitrogens is 1. The van der Waals surface area contributed by atoms with E-state index in [1.54, 1.807) is 30.3 Å². The number of pyridine rings is 1. The van der Waals surface area contributed by atoms with E-state index >= 15 is 0 Å². The molecule has 0 aliphatic carbocycles. The molecule has 1 aromatic heterocycles. The number of rotatable bonds is 11. The molecule has 1 heterocycles. The summed E-state index contributed by atoms with van der Waals surface area (Å²) < 4.78 is 12.0. The third-order valence-corrected chi connectivity index (χ3v) is 6.78. The van der Waals surface area contributed by atoms with Gasteiger partial charge < -0.3 is 14.8 Å². The lowest BCUT2D eigenvalue weighted by Crippen LogP contribution is -2.34. The van der Waals surface area contributed by atoms with Gasteiger partial charge in [0.15, 0.2) is 5.78 Å². The molecule has 0 radical (unpaired) electrons. The van der Waals surface area contributed by atoms with Crippen LogP contribution in [0.2, 0.25) is 5.02 Å². The first-order valence-corrected chi connectivity index (χ1v) is 13.4. The Hall–Kier alpha value is -4.95. The monoisotopic (exact) mass is 584 g/mol. The van der Waals surface area contributed by atoms with Gasteiger partial charge in [-0.25, -0.2) is 4.79 Å². The Morgan fingerprint density at radius 3 is 2.36 bits per heavy atom. The molecule has 0 fully saturated rings. The molecule has 0 spiro atoms. The third-order valence-electron chi connectivity index (χ3n) is 6.55. The van der Waals surface area contributed by atoms with Gasteiger partial charge in [-0.1, -0.05) is 54.6 Å². The average molecular weight is 585 g/mol. The van der Waals surface area contributed by atoms with Gasteiger partial charge in [0.2, 0.25) is 5.91 Å². The molecular formula is C33H29ClN2O6. The Morgan fingerprint density at radius 1 is 1.00 bits per heavy atom. The van der Waals surface area contributed by atoms with Crippen LogP contribution < -0.4 is 15.6 Å². The van der Waals surface area contributed by atoms with Crippen molar-refractivity contribution in [2.45, 2.75) is 19.4 Å². The van der Waals surface area contributed by atoms with Crippen LogP contribution >= 0.6 is 11.6 Å². The lowest BCUT2D eigenvalue weighted by atomic mass is 9.97. The zero-order valence-electron chi connectivity index (χ0n) is 23.1. The van der Waals surface area contributed by atoms with Gasteiger partial charge >= 0.3 is 5.97 Å². The number of ether oxygens (including phenoxy) is 2. The van der Waals surface area contributed by atoms with E-state index in [0.717, 1.165) is 5.56 Å². The first-order chi connectivity index (χ1) is 20.2. The van der Waals surface area contributed by atoms with E-state index in [9.17, 15) is 19.2 Å². The summed E-state index contributed by atoms with van der Waals surface area (Å²) in [5.74, 6) is -0.882. The van der Waals surface area contributed by atoms with Crippen molar-refractivity contribution in [1.29, 1.82) is 0 Å². The largest absolute Gasteiger partial charge is 0.495 e. The second kappa shape index (κ2) is 13.6. The summed E-state index contributed by atoms with van der Waals surface area (Å²) >= 11 is 6.23. The molecule has 1 N–H and O–H groups in total. The van der Waals surface area contributed by atoms with Gasteiger partial charge in [-0.2, -0.15) is 0 Å². The van der Waals surface area contributed by atoms with Crippen LogP contribution in [0, 0.1) is 0 Å². The highest BCUT2D eigenvalue weighted by molar-refractivity contribution is 6.31. The van der Waals surface area contributed by atoms with E-state index in [2.05, 4.69) is 11.9 Å². The third kappa shape index (κ3) is 7.03. The maximum Gasteiger partial charge on any atom is 0.338 e. The molecule has 0 aliphatic heterocycles. The number of methoxy groups -OCH3 is 1. The van der Waals surface area contributed by atoms with Crippen LogP contribution in [0.4, 0.5) is 5.69 Å². The number of nitrogens with zero attached hydrogens (tertiary/aromatic N) is 1. The number of anilines is 1. The van der Waals surface area contributed by atoms with Crippen LogP contribution in [0.3, 0.4) is 0 Å². The minimum Gasteiger partial charge on any atom is -0.495 e. The number of Topliss-reactive ketones (excluding diaryl/α,β-unsaturated/α-hetero) is 1. The van der Waals surface area contributed by atoms with Crippen molar-refractivity contribution in [2.24, 2.45) is 0 Å². The maximum absolute atomic E-state index is 13.7. The van der Waals surface area contributed by atoms with E-state index < -0.39 is 23.5 Å². The topological polar surface area (TPSA) is 104 Å². The molecule has 0 unspecified atom stereocenters. The highest BCUT2D eigenvalue weighted by Crippen LogP contribution is 2.34. The summed E-state index contributed by atoms with van der Waals surface area (Å²) in [6, 6.07) is 20.7. The summed E-state index contributed by atoms with van der Waals surface area (Å²) in [6.45, 7) is 5.03. The Kier molecular flexibility index (Phi) is 9.73. The van der Waals surface area contributed by atoms with Crippen LogP contribution in [0.15, 0.2) is 103 Å². The molecule has 0 bridgehead atoms. The van der Waals surface area contributed by atoms with Gasteiger partial charge in [0.1, 0.15) is 18.4 Å². The number of benzene rings is 3. The molecular weight excluding hydrogens is 556 g/mol. The van der Waals surface area contributed by atoms with Crippen molar-refractivity contribution in [2.75, 3.05) is 19.0 Å². The molecule has 0 saturated carbocycles. The number of amides is 1. The Morgan fingerprint density at radius 2 is 1.71 bits per heavy atom. The van der Waals surface area contributed by atoms with Gasteiger partial charge in [0.25, 0.3) is 5.56 Å². The summed E-state index contributed by atoms with van der Waals surface area (Å²) in [7, 11) is 1.44. The van der Waals surface area contributed by atoms with Crippen LogP contribution in [0.5, 0.6) is 5.75 Å². The second-order valence-electron chi connectivity index (χ2n) is 9.41. The minimum atomic E-state index is -0.966. The quantitative estimate of drug-likeness (QED) is 0.129. The number of hydrogen-bond acceptors (Lipinski definition) is 6. The maximum atomic E-state index is 13.7. The molecule has 0 aliphatic rings. The fourth-order valence-corrected chi connectivity index (χ4v) is 4.65. The van der Waals surface area contributed by atoms with Gasteiger partial charge in [-0.05, 0) is 60.5 Å². The molecule has 214 valence electrons. The van der Waals surface area contributed by atoms with Gasteiger partial charge in [-0.3, -0.25) is 19.0 Å². The van der Waals surface area contributed by atoms with Crippen molar-refractivity contribution in [1.82, 2.24) is 4.57 Å². The highest BCUT2D eigenvalue weighted by atomic mass is 35.5. The lowest BCUT2D eigenvalue weighted by Gasteiger charge is -2.22. The molecule has 42 heavy (non-hydrogen) atoms. The van der Waals surface area contributed by atoms with Gasteiger partial charge in [0.05, 0.1) is 18.9 Å². The fourth-order valence-electron chi connectivity index (χ4n) is 4.48. The van der Waals surface area contributed by atoms with Gasteiger partial charge in [-0.15, -0.1) is 0 Å². The molecule has 8 nitrogen and oxygen atoms in total. The zero-order chi connectivity index (χ0) is 30.2. The van der Waals surface area contributed by atoms with Crippen molar-refractivity contribution in [3.8, 4) is 16.9 Å². The first-order valence-electron chi connectivity index (χ1n) is 13.1. The van der Waals surface area contributed by atoms with E-state index in [-0.39, 0.29) is 24.6 Å². The fraction of sp³-hybridized carbons (Fsp3) is 0.152. The molecule has 9 heteroatoms. The highest BCUT2D eigenvalue weighted by Gasteiger charge is 2.25. The Labute approximate surface area is 248 Å². The van der Waals surface area contributed by atoms with Gasteiger partial charge in [0, 0.05) is 34.3 Å². The van der Waals surface area contributed by atoms with Crippen LogP contribution in [0.1, 0.15) is 39.2 Å². The standard InChI is InChI=1S/C33H29ClN2O6/c1-4-16-42-33(40)23-10-13-25(14-11-23)35-32(39)29(17-22-8-6-5-7-9-22)36-20-30(41-3)28(19-31(36)38)27-18-24(34)12-15-26(27)21(2)37/h4-15,18-20,29H,1,16-17H2,2-3H3,(H,35,39)/t29-/m0/s1. The smallest absolute Gasteiger partial charge is 0.338 e. The second-order valence-corrected chi connectivity index (χ2v) is 9.84. The number of esters is 1. The van der Waals surface area contributed by atoms with Crippen LogP contribution in [0.25, 0.3) is 11.1 Å². The molecule has 3 aromatic carbocycles. The summed E-state index contributed by atoms with van der Waals surface area (Å²) in [4.78, 5) is 51.7. The normalized spacial score (nSPS) is 11.3. The summed E-state index contributed by atoms with van der Waals surface area (Å²) in [5, 5.41) is 3.23. The van der Waals surface area contributed by atoms with Crippen LogP contribution in [-0.4, -0.2) is 35.9 Å². The number of nitrogens with one attached hydrogen (secondary N) is 1. The number of ketones is 1. The number of carbonyl (C=O) groups is 3. The van der Waals surface area contributed by atoms with Crippen molar-refractivity contribution >= 4 is 34.9 Å². The van der Waals surface area contributed by atoms with Crippen molar-refractivity contribution in [3.05, 3.63) is 130 Å². The lowest BCUT2D eigenvalue weighted by molar-refractivity contribution is -0.119. The predicted octanol–water partition coefficient (Wildman–Crippen LogP) is 6.15. The molecule has 4 rings (SSSR count). The Balaban J connectivity index is 1.73. The SMILES string of the molecule is C=CCOC(=O)c1ccc(NC(=O)[C@H](Cc2ccccc2)n2cc(OC)c(-c3cc(Cl)ccc3C(C)=O)cc2=O)cc1. The minimum absolute atomic E-state index is 0.0862. The predicted molar refractivity (Wildman–Crippen MR) is 162 cm³/mol. The van der Waals surface area contributed by atoms with E-state index in [1.165, 1.54) is 49.1 Å². The Bertz CT molecular complexity index is 1680. The number of hydrogen-bond donors (Lipinski definition) is 1. The zero-order valence-corrected chi connectivity index (χ0v) is 23.9. The average Bonchev–Trinajstić information content (AvgIpc) is 2.99. The molecule has 4 aromatic rings. The summed E-state index contributed by atoms with van der Waals surface area (Å²) in [5.41, 5.74) is 2.32.